The molecule has 28 heavy (non-hydrogen) atoms. The molecule has 0 fully saturated rings. The second-order valence-electron chi connectivity index (χ2n) is 6.71. The molecular weight excluding hydrogens is 380 g/mol. The molecule has 0 saturated carbocycles. The monoisotopic (exact) mass is 402 g/mol. The topological polar surface area (TPSA) is 92.8 Å². The summed E-state index contributed by atoms with van der Waals surface area (Å²) < 4.78 is 30.3. The fraction of sp³-hybridized carbons (Fsp3) is 0.300. The van der Waals surface area contributed by atoms with E-state index in [-0.39, 0.29) is 11.9 Å². The highest BCUT2D eigenvalue weighted by atomic mass is 32.2. The van der Waals surface area contributed by atoms with Gasteiger partial charge in [-0.25, -0.2) is 13.2 Å². The molecule has 1 N–H and O–H groups in total. The van der Waals surface area contributed by atoms with Gasteiger partial charge in [0.05, 0.1) is 24.1 Å². The molecule has 0 radical (unpaired) electrons. The van der Waals surface area contributed by atoms with Gasteiger partial charge in [0, 0.05) is 17.3 Å². The third kappa shape index (κ3) is 4.01. The Bertz CT molecular complexity index is 1020. The van der Waals surface area contributed by atoms with Gasteiger partial charge in [0.15, 0.2) is 0 Å². The Labute approximate surface area is 164 Å². The zero-order chi connectivity index (χ0) is 20.5. The number of fused-ring (bicyclic) bond motifs is 1. The van der Waals surface area contributed by atoms with Crippen molar-refractivity contribution in [3.63, 3.8) is 0 Å². The van der Waals surface area contributed by atoms with Gasteiger partial charge in [-0.05, 0) is 68.3 Å². The van der Waals surface area contributed by atoms with Gasteiger partial charge in [-0.3, -0.25) is 9.10 Å². The summed E-state index contributed by atoms with van der Waals surface area (Å²) in [5.74, 6) is -0.722. The molecule has 7 nitrogen and oxygen atoms in total. The molecule has 148 valence electrons. The van der Waals surface area contributed by atoms with E-state index >= 15 is 0 Å². The lowest BCUT2D eigenvalue weighted by atomic mass is 10.1. The third-order valence-corrected chi connectivity index (χ3v) is 5.78. The van der Waals surface area contributed by atoms with E-state index in [9.17, 15) is 18.0 Å². The molecular formula is C20H22N2O5S. The second-order valence-corrected chi connectivity index (χ2v) is 8.57. The molecule has 1 heterocycles. The van der Waals surface area contributed by atoms with Crippen LogP contribution in [0.25, 0.3) is 0 Å². The largest absolute Gasteiger partial charge is 0.462 e. The second kappa shape index (κ2) is 7.63. The van der Waals surface area contributed by atoms with Gasteiger partial charge in [0.1, 0.15) is 0 Å². The van der Waals surface area contributed by atoms with E-state index in [0.29, 0.717) is 35.5 Å². The highest BCUT2D eigenvalue weighted by Crippen LogP contribution is 2.34. The third-order valence-electron chi connectivity index (χ3n) is 4.51. The van der Waals surface area contributed by atoms with Crippen molar-refractivity contribution in [1.29, 1.82) is 0 Å². The van der Waals surface area contributed by atoms with Crippen LogP contribution < -0.4 is 9.62 Å². The van der Waals surface area contributed by atoms with Crippen molar-refractivity contribution < 1.29 is 22.7 Å². The average molecular weight is 402 g/mol. The minimum absolute atomic E-state index is 0.182. The summed E-state index contributed by atoms with van der Waals surface area (Å²) in [6.45, 7) is 3.87. The highest BCUT2D eigenvalue weighted by molar-refractivity contribution is 7.92. The number of esters is 1. The number of hydrogen-bond acceptors (Lipinski definition) is 5. The first-order valence-corrected chi connectivity index (χ1v) is 10.8. The minimum atomic E-state index is -3.37. The molecule has 2 aromatic carbocycles. The Morgan fingerprint density at radius 1 is 1.14 bits per heavy atom. The van der Waals surface area contributed by atoms with Crippen molar-refractivity contribution in [3.05, 3.63) is 59.2 Å². The van der Waals surface area contributed by atoms with Gasteiger partial charge in [0.2, 0.25) is 10.0 Å². The number of sulfonamides is 1. The van der Waals surface area contributed by atoms with Gasteiger partial charge in [-0.15, -0.1) is 0 Å². The number of benzene rings is 2. The SMILES string of the molecule is CCOC(=O)c1ccc(NC(=O)c2ccc3c(c2)CC(C)N3S(C)(=O)=O)cc1. The summed E-state index contributed by atoms with van der Waals surface area (Å²) in [6.07, 6.45) is 1.73. The van der Waals surface area contributed by atoms with E-state index in [4.69, 9.17) is 4.74 Å². The van der Waals surface area contributed by atoms with E-state index in [1.807, 2.05) is 6.92 Å². The maximum Gasteiger partial charge on any atom is 0.338 e. The van der Waals surface area contributed by atoms with Gasteiger partial charge in [-0.2, -0.15) is 0 Å². The molecule has 1 unspecified atom stereocenters. The Morgan fingerprint density at radius 3 is 2.39 bits per heavy atom. The minimum Gasteiger partial charge on any atom is -0.462 e. The Kier molecular flexibility index (Phi) is 5.42. The molecule has 1 amide bonds. The number of nitrogens with zero attached hydrogens (tertiary/aromatic N) is 1. The van der Waals surface area contributed by atoms with Gasteiger partial charge >= 0.3 is 5.97 Å². The van der Waals surface area contributed by atoms with Crippen molar-refractivity contribution in [1.82, 2.24) is 0 Å². The van der Waals surface area contributed by atoms with Crippen molar-refractivity contribution in [2.24, 2.45) is 0 Å². The zero-order valence-electron chi connectivity index (χ0n) is 15.9. The molecule has 0 aliphatic carbocycles. The Balaban J connectivity index is 1.76. The van der Waals surface area contributed by atoms with Crippen molar-refractivity contribution in [3.8, 4) is 0 Å². The molecule has 2 aromatic rings. The van der Waals surface area contributed by atoms with Gasteiger partial charge < -0.3 is 10.1 Å². The lowest BCUT2D eigenvalue weighted by Crippen LogP contribution is -2.34. The quantitative estimate of drug-likeness (QED) is 0.777. The van der Waals surface area contributed by atoms with Crippen LogP contribution >= 0.6 is 0 Å². The van der Waals surface area contributed by atoms with Crippen molar-refractivity contribution in [2.75, 3.05) is 22.5 Å². The number of carbonyl (C=O) groups is 2. The summed E-state index contributed by atoms with van der Waals surface area (Å²) in [5, 5.41) is 2.78. The molecule has 1 aliphatic heterocycles. The van der Waals surface area contributed by atoms with E-state index in [0.717, 1.165) is 5.56 Å². The highest BCUT2D eigenvalue weighted by Gasteiger charge is 2.32. The summed E-state index contributed by atoms with van der Waals surface area (Å²) in [4.78, 5) is 24.2. The van der Waals surface area contributed by atoms with Crippen LogP contribution in [0.2, 0.25) is 0 Å². The van der Waals surface area contributed by atoms with E-state index < -0.39 is 16.0 Å². The first-order chi connectivity index (χ1) is 13.2. The standard InChI is InChI=1S/C20H22N2O5S/c1-4-27-20(24)14-5-8-17(9-6-14)21-19(23)15-7-10-18-16(12-15)11-13(2)22(18)28(3,25)26/h5-10,12-13H,4,11H2,1-3H3,(H,21,23). The van der Waals surface area contributed by atoms with Crippen LogP contribution in [0.5, 0.6) is 0 Å². The number of carbonyl (C=O) groups excluding carboxylic acids is 2. The number of hydrogen-bond donors (Lipinski definition) is 1. The van der Waals surface area contributed by atoms with Crippen LogP contribution in [0, 0.1) is 0 Å². The summed E-state index contributed by atoms with van der Waals surface area (Å²) >= 11 is 0. The normalized spacial score (nSPS) is 15.8. The summed E-state index contributed by atoms with van der Waals surface area (Å²) in [7, 11) is -3.37. The molecule has 3 rings (SSSR count). The van der Waals surface area contributed by atoms with Crippen LogP contribution in [-0.4, -0.2) is 39.2 Å². The Hall–Kier alpha value is -2.87. The smallest absolute Gasteiger partial charge is 0.338 e. The predicted octanol–water partition coefficient (Wildman–Crippen LogP) is 2.83. The van der Waals surface area contributed by atoms with Crippen LogP contribution in [0.1, 0.15) is 40.1 Å². The number of ether oxygens (including phenoxy) is 1. The number of nitrogens with one attached hydrogen (secondary N) is 1. The lowest BCUT2D eigenvalue weighted by molar-refractivity contribution is 0.0526. The molecule has 0 aromatic heterocycles. The van der Waals surface area contributed by atoms with E-state index in [1.54, 1.807) is 49.4 Å². The maximum absolute atomic E-state index is 12.6. The number of anilines is 2. The fourth-order valence-corrected chi connectivity index (χ4v) is 4.62. The van der Waals surface area contributed by atoms with Crippen LogP contribution in [0.15, 0.2) is 42.5 Å². The molecule has 8 heteroatoms. The van der Waals surface area contributed by atoms with Gasteiger partial charge in [-0.1, -0.05) is 0 Å². The first-order valence-electron chi connectivity index (χ1n) is 8.91. The molecule has 0 bridgehead atoms. The maximum atomic E-state index is 12.6. The van der Waals surface area contributed by atoms with Crippen molar-refractivity contribution in [2.45, 2.75) is 26.3 Å². The van der Waals surface area contributed by atoms with Crippen LogP contribution in [0.3, 0.4) is 0 Å². The fourth-order valence-electron chi connectivity index (χ4n) is 3.36. The molecule has 1 atom stereocenters. The van der Waals surface area contributed by atoms with Crippen molar-refractivity contribution >= 4 is 33.3 Å². The molecule has 0 saturated heterocycles. The van der Waals surface area contributed by atoms with E-state index in [2.05, 4.69) is 5.32 Å². The summed E-state index contributed by atoms with van der Waals surface area (Å²) in [6, 6.07) is 11.2. The predicted molar refractivity (Wildman–Crippen MR) is 107 cm³/mol. The van der Waals surface area contributed by atoms with E-state index in [1.165, 1.54) is 10.6 Å². The Morgan fingerprint density at radius 2 is 1.79 bits per heavy atom. The number of amides is 1. The lowest BCUT2D eigenvalue weighted by Gasteiger charge is -2.21. The van der Waals surface area contributed by atoms with Gasteiger partial charge in [0.25, 0.3) is 5.91 Å². The molecule has 1 aliphatic rings. The first kappa shape index (κ1) is 19.9. The molecule has 0 spiro atoms. The van der Waals surface area contributed by atoms with Crippen LogP contribution in [0.4, 0.5) is 11.4 Å². The zero-order valence-corrected chi connectivity index (χ0v) is 16.7. The van der Waals surface area contributed by atoms with Crippen LogP contribution in [-0.2, 0) is 21.2 Å². The number of rotatable bonds is 5. The summed E-state index contributed by atoms with van der Waals surface area (Å²) in [5.41, 5.74) is 2.83. The average Bonchev–Trinajstić information content (AvgIpc) is 2.97.